The van der Waals surface area contributed by atoms with Gasteiger partial charge in [-0.2, -0.15) is 0 Å². The lowest BCUT2D eigenvalue weighted by atomic mass is 9.71. The number of carbonyl (C=O) groups is 1. The molecule has 0 saturated heterocycles. The maximum Gasteiger partial charge on any atom is 0.343 e. The molecular formula is C23H28O2. The molecule has 0 unspecified atom stereocenters. The molecule has 2 aromatic rings. The first-order valence-electron chi connectivity index (χ1n) is 9.52. The van der Waals surface area contributed by atoms with Gasteiger partial charge in [0.1, 0.15) is 5.75 Å². The van der Waals surface area contributed by atoms with E-state index in [4.69, 9.17) is 4.74 Å². The Morgan fingerprint density at radius 1 is 0.960 bits per heavy atom. The zero-order valence-corrected chi connectivity index (χ0v) is 15.4. The molecule has 1 aliphatic rings. The first-order valence-corrected chi connectivity index (χ1v) is 9.52. The Balaban J connectivity index is 1.65. The first kappa shape index (κ1) is 17.7. The van der Waals surface area contributed by atoms with Crippen LogP contribution in [0.25, 0.3) is 0 Å². The summed E-state index contributed by atoms with van der Waals surface area (Å²) in [6.45, 7) is 4.50. The van der Waals surface area contributed by atoms with Crippen LogP contribution in [0, 0.1) is 0 Å². The summed E-state index contributed by atoms with van der Waals surface area (Å²) in [6.07, 6.45) is 8.60. The Bertz CT molecular complexity index is 692. The van der Waals surface area contributed by atoms with Crippen LogP contribution in [0.3, 0.4) is 0 Å². The highest BCUT2D eigenvalue weighted by atomic mass is 16.5. The van der Waals surface area contributed by atoms with E-state index in [2.05, 4.69) is 26.0 Å². The summed E-state index contributed by atoms with van der Waals surface area (Å²) in [5.74, 6) is 0.325. The van der Waals surface area contributed by atoms with E-state index < -0.39 is 0 Å². The van der Waals surface area contributed by atoms with Gasteiger partial charge in [-0.05, 0) is 60.1 Å². The molecule has 0 spiro atoms. The molecule has 0 atom stereocenters. The Morgan fingerprint density at radius 3 is 2.20 bits per heavy atom. The van der Waals surface area contributed by atoms with Crippen molar-refractivity contribution < 1.29 is 9.53 Å². The molecule has 2 aromatic carbocycles. The second kappa shape index (κ2) is 7.86. The van der Waals surface area contributed by atoms with Crippen molar-refractivity contribution in [3.05, 3.63) is 65.2 Å². The topological polar surface area (TPSA) is 26.3 Å². The Kier molecular flexibility index (Phi) is 5.57. The Morgan fingerprint density at radius 2 is 1.60 bits per heavy atom. The minimum atomic E-state index is -0.292. The number of hydrogen-bond donors (Lipinski definition) is 0. The van der Waals surface area contributed by atoms with Gasteiger partial charge in [0, 0.05) is 0 Å². The second-order valence-electron chi connectivity index (χ2n) is 7.48. The van der Waals surface area contributed by atoms with E-state index in [1.54, 1.807) is 0 Å². The van der Waals surface area contributed by atoms with E-state index in [9.17, 15) is 4.79 Å². The van der Waals surface area contributed by atoms with Gasteiger partial charge in [-0.25, -0.2) is 4.79 Å². The molecule has 2 nitrogen and oxygen atoms in total. The number of hydrogen-bond acceptors (Lipinski definition) is 2. The largest absolute Gasteiger partial charge is 0.423 e. The maximum atomic E-state index is 12.3. The third-order valence-corrected chi connectivity index (χ3v) is 5.45. The first-order chi connectivity index (χ1) is 12.1. The van der Waals surface area contributed by atoms with Crippen LogP contribution in [0.5, 0.6) is 5.75 Å². The van der Waals surface area contributed by atoms with E-state index in [1.165, 1.54) is 43.2 Å². The van der Waals surface area contributed by atoms with Gasteiger partial charge in [0.15, 0.2) is 0 Å². The predicted octanol–water partition coefficient (Wildman–Crippen LogP) is 6.08. The monoisotopic (exact) mass is 336 g/mol. The van der Waals surface area contributed by atoms with Crippen LogP contribution in [-0.2, 0) is 11.8 Å². The molecule has 25 heavy (non-hydrogen) atoms. The Labute approximate surface area is 151 Å². The summed E-state index contributed by atoms with van der Waals surface area (Å²) in [7, 11) is 0. The van der Waals surface area contributed by atoms with E-state index >= 15 is 0 Å². The molecule has 0 heterocycles. The number of ether oxygens (including phenoxy) is 1. The fourth-order valence-corrected chi connectivity index (χ4v) is 3.81. The van der Waals surface area contributed by atoms with Gasteiger partial charge in [0.2, 0.25) is 0 Å². The smallest absolute Gasteiger partial charge is 0.343 e. The zero-order valence-electron chi connectivity index (χ0n) is 15.4. The van der Waals surface area contributed by atoms with Crippen molar-refractivity contribution >= 4 is 5.97 Å². The molecule has 2 heteroatoms. The third-order valence-electron chi connectivity index (χ3n) is 5.45. The SMILES string of the molecule is CCCc1ccc(C(=O)Oc2ccc(C3(C)CCCCC3)cc2)cc1. The fourth-order valence-electron chi connectivity index (χ4n) is 3.81. The van der Waals surface area contributed by atoms with Crippen molar-refractivity contribution in [1.29, 1.82) is 0 Å². The van der Waals surface area contributed by atoms with Crippen molar-refractivity contribution in [3.8, 4) is 5.75 Å². The van der Waals surface area contributed by atoms with E-state index in [0.717, 1.165) is 12.8 Å². The van der Waals surface area contributed by atoms with Gasteiger partial charge >= 0.3 is 5.97 Å². The molecule has 132 valence electrons. The lowest BCUT2D eigenvalue weighted by Crippen LogP contribution is -2.24. The third kappa shape index (κ3) is 4.31. The molecule has 1 fully saturated rings. The molecular weight excluding hydrogens is 308 g/mol. The minimum Gasteiger partial charge on any atom is -0.423 e. The molecule has 0 aliphatic heterocycles. The highest BCUT2D eigenvalue weighted by Crippen LogP contribution is 2.39. The van der Waals surface area contributed by atoms with Gasteiger partial charge in [0.25, 0.3) is 0 Å². The van der Waals surface area contributed by atoms with Crippen LogP contribution in [0.4, 0.5) is 0 Å². The summed E-state index contributed by atoms with van der Waals surface area (Å²) in [5.41, 5.74) is 3.49. The van der Waals surface area contributed by atoms with Crippen LogP contribution >= 0.6 is 0 Å². The van der Waals surface area contributed by atoms with Crippen LogP contribution in [0.1, 0.15) is 73.9 Å². The maximum absolute atomic E-state index is 12.3. The number of esters is 1. The molecule has 0 bridgehead atoms. The number of carbonyl (C=O) groups excluding carboxylic acids is 1. The normalized spacial score (nSPS) is 16.4. The van der Waals surface area contributed by atoms with Gasteiger partial charge < -0.3 is 4.74 Å². The second-order valence-corrected chi connectivity index (χ2v) is 7.48. The number of benzene rings is 2. The van der Waals surface area contributed by atoms with Crippen molar-refractivity contribution in [1.82, 2.24) is 0 Å². The average molecular weight is 336 g/mol. The number of rotatable bonds is 5. The molecule has 0 amide bonds. The van der Waals surface area contributed by atoms with Crippen molar-refractivity contribution in [3.63, 3.8) is 0 Å². The van der Waals surface area contributed by atoms with Crippen LogP contribution in [0.2, 0.25) is 0 Å². The molecule has 0 aromatic heterocycles. The quantitative estimate of drug-likeness (QED) is 0.488. The summed E-state index contributed by atoms with van der Waals surface area (Å²) in [4.78, 5) is 12.3. The van der Waals surface area contributed by atoms with Crippen molar-refractivity contribution in [2.24, 2.45) is 0 Å². The van der Waals surface area contributed by atoms with Gasteiger partial charge in [-0.15, -0.1) is 0 Å². The zero-order chi connectivity index (χ0) is 17.7. The number of aryl methyl sites for hydroxylation is 1. The van der Waals surface area contributed by atoms with E-state index in [1.807, 2.05) is 36.4 Å². The highest BCUT2D eigenvalue weighted by Gasteiger charge is 2.28. The van der Waals surface area contributed by atoms with Crippen LogP contribution in [0.15, 0.2) is 48.5 Å². The summed E-state index contributed by atoms with van der Waals surface area (Å²) in [5, 5.41) is 0. The van der Waals surface area contributed by atoms with Gasteiger partial charge in [0.05, 0.1) is 5.56 Å². The molecule has 1 aliphatic carbocycles. The minimum absolute atomic E-state index is 0.274. The average Bonchev–Trinajstić information content (AvgIpc) is 2.64. The molecule has 0 N–H and O–H groups in total. The Hall–Kier alpha value is -2.09. The molecule has 1 saturated carbocycles. The molecule has 0 radical (unpaired) electrons. The fraction of sp³-hybridized carbons (Fsp3) is 0.435. The van der Waals surface area contributed by atoms with Crippen molar-refractivity contribution in [2.45, 2.75) is 64.2 Å². The predicted molar refractivity (Wildman–Crippen MR) is 102 cm³/mol. The summed E-state index contributed by atoms with van der Waals surface area (Å²) >= 11 is 0. The summed E-state index contributed by atoms with van der Waals surface area (Å²) < 4.78 is 5.54. The standard InChI is InChI=1S/C23H28O2/c1-3-7-18-8-10-19(11-9-18)22(24)25-21-14-12-20(13-15-21)23(2)16-5-4-6-17-23/h8-15H,3-7,16-17H2,1-2H3. The lowest BCUT2D eigenvalue weighted by molar-refractivity contribution is 0.0734. The van der Waals surface area contributed by atoms with Gasteiger partial charge in [-0.3, -0.25) is 0 Å². The van der Waals surface area contributed by atoms with Crippen LogP contribution in [-0.4, -0.2) is 5.97 Å². The van der Waals surface area contributed by atoms with Crippen LogP contribution < -0.4 is 4.74 Å². The molecule has 3 rings (SSSR count). The van der Waals surface area contributed by atoms with Gasteiger partial charge in [-0.1, -0.05) is 63.8 Å². The van der Waals surface area contributed by atoms with E-state index in [0.29, 0.717) is 11.3 Å². The summed E-state index contributed by atoms with van der Waals surface area (Å²) in [6, 6.07) is 15.8. The van der Waals surface area contributed by atoms with E-state index in [-0.39, 0.29) is 11.4 Å². The van der Waals surface area contributed by atoms with Crippen molar-refractivity contribution in [2.75, 3.05) is 0 Å². The lowest BCUT2D eigenvalue weighted by Gasteiger charge is -2.34. The highest BCUT2D eigenvalue weighted by molar-refractivity contribution is 5.91.